The van der Waals surface area contributed by atoms with E-state index in [1.165, 1.54) is 0 Å². The summed E-state index contributed by atoms with van der Waals surface area (Å²) in [5.74, 6) is -0.944. The summed E-state index contributed by atoms with van der Waals surface area (Å²) in [5, 5.41) is 2.86. The molecule has 3 rings (SSSR count). The SMILES string of the molecule is CCOC(=O)C1=C(C)N(Cc2ccc(C(=O)NCCCOC)cc2)C(=O)CC1c1ccc(C)cc1. The van der Waals surface area contributed by atoms with Crippen molar-refractivity contribution < 1.29 is 23.9 Å². The molecule has 1 unspecified atom stereocenters. The number of nitrogens with one attached hydrogen (secondary N) is 1. The van der Waals surface area contributed by atoms with E-state index in [2.05, 4.69) is 5.32 Å². The standard InChI is InChI=1S/C28H34N2O5/c1-5-35-28(33)26-20(3)30(25(31)17-24(26)22-11-7-19(2)8-12-22)18-21-9-13-23(14-10-21)27(32)29-15-6-16-34-4/h7-14,24H,5-6,15-18H2,1-4H3,(H,29,32). The van der Waals surface area contributed by atoms with Crippen LogP contribution in [0.1, 0.15) is 59.7 Å². The molecule has 35 heavy (non-hydrogen) atoms. The molecule has 0 saturated carbocycles. The van der Waals surface area contributed by atoms with Gasteiger partial charge < -0.3 is 19.7 Å². The van der Waals surface area contributed by atoms with Gasteiger partial charge in [0.25, 0.3) is 5.91 Å². The minimum absolute atomic E-state index is 0.0545. The molecular weight excluding hydrogens is 444 g/mol. The van der Waals surface area contributed by atoms with Crippen molar-refractivity contribution in [1.29, 1.82) is 0 Å². The summed E-state index contributed by atoms with van der Waals surface area (Å²) >= 11 is 0. The highest BCUT2D eigenvalue weighted by Crippen LogP contribution is 2.37. The first-order chi connectivity index (χ1) is 16.8. The third kappa shape index (κ3) is 6.57. The number of esters is 1. The predicted octanol–water partition coefficient (Wildman–Crippen LogP) is 4.11. The van der Waals surface area contributed by atoms with Gasteiger partial charge in [-0.15, -0.1) is 0 Å². The van der Waals surface area contributed by atoms with Gasteiger partial charge in [-0.1, -0.05) is 42.0 Å². The fourth-order valence-electron chi connectivity index (χ4n) is 4.22. The van der Waals surface area contributed by atoms with Crippen LogP contribution in [0.3, 0.4) is 0 Å². The van der Waals surface area contributed by atoms with Gasteiger partial charge in [0.2, 0.25) is 5.91 Å². The van der Waals surface area contributed by atoms with Gasteiger partial charge in [0, 0.05) is 43.9 Å². The second-order valence-electron chi connectivity index (χ2n) is 8.67. The molecule has 0 aliphatic carbocycles. The zero-order valence-corrected chi connectivity index (χ0v) is 20.9. The fraction of sp³-hybridized carbons (Fsp3) is 0.393. The van der Waals surface area contributed by atoms with E-state index in [1.54, 1.807) is 38.0 Å². The lowest BCUT2D eigenvalue weighted by Crippen LogP contribution is -2.38. The molecular formula is C28H34N2O5. The lowest BCUT2D eigenvalue weighted by molar-refractivity contribution is -0.140. The van der Waals surface area contributed by atoms with Crippen molar-refractivity contribution >= 4 is 17.8 Å². The van der Waals surface area contributed by atoms with Gasteiger partial charge in [-0.25, -0.2) is 4.79 Å². The summed E-state index contributed by atoms with van der Waals surface area (Å²) in [7, 11) is 1.63. The van der Waals surface area contributed by atoms with Gasteiger partial charge in [-0.3, -0.25) is 9.59 Å². The van der Waals surface area contributed by atoms with E-state index < -0.39 is 5.97 Å². The third-order valence-electron chi connectivity index (χ3n) is 6.17. The Labute approximate surface area is 207 Å². The maximum atomic E-state index is 13.2. The Bertz CT molecular complexity index is 1070. The predicted molar refractivity (Wildman–Crippen MR) is 134 cm³/mol. The first-order valence-corrected chi connectivity index (χ1v) is 12.0. The number of hydrogen-bond donors (Lipinski definition) is 1. The van der Waals surface area contributed by atoms with Crippen LogP contribution < -0.4 is 5.32 Å². The minimum Gasteiger partial charge on any atom is -0.463 e. The first kappa shape index (κ1) is 26.2. The van der Waals surface area contributed by atoms with Gasteiger partial charge in [0.15, 0.2) is 0 Å². The average Bonchev–Trinajstić information content (AvgIpc) is 2.85. The fourth-order valence-corrected chi connectivity index (χ4v) is 4.22. The van der Waals surface area contributed by atoms with Crippen LogP contribution in [-0.2, 0) is 25.6 Å². The Balaban J connectivity index is 1.81. The number of rotatable bonds is 10. The van der Waals surface area contributed by atoms with Gasteiger partial charge in [-0.2, -0.15) is 0 Å². The van der Waals surface area contributed by atoms with E-state index >= 15 is 0 Å². The molecule has 1 N–H and O–H groups in total. The summed E-state index contributed by atoms with van der Waals surface area (Å²) in [4.78, 5) is 40.1. The minimum atomic E-state index is -0.395. The number of carbonyl (C=O) groups is 3. The number of amides is 2. The van der Waals surface area contributed by atoms with Crippen LogP contribution in [0.5, 0.6) is 0 Å². The van der Waals surface area contributed by atoms with Crippen LogP contribution in [-0.4, -0.2) is 49.6 Å². The molecule has 1 atom stereocenters. The van der Waals surface area contributed by atoms with Crippen molar-refractivity contribution in [2.24, 2.45) is 0 Å². The summed E-state index contributed by atoms with van der Waals surface area (Å²) < 4.78 is 10.4. The molecule has 0 radical (unpaired) electrons. The smallest absolute Gasteiger partial charge is 0.336 e. The molecule has 0 saturated heterocycles. The van der Waals surface area contributed by atoms with Crippen molar-refractivity contribution in [1.82, 2.24) is 10.2 Å². The topological polar surface area (TPSA) is 84.9 Å². The Hall–Kier alpha value is -3.45. The number of nitrogens with zero attached hydrogens (tertiary/aromatic N) is 1. The highest BCUT2D eigenvalue weighted by molar-refractivity contribution is 5.96. The molecule has 1 aliphatic heterocycles. The Morgan fingerprint density at radius 3 is 2.37 bits per heavy atom. The van der Waals surface area contributed by atoms with Gasteiger partial charge >= 0.3 is 5.97 Å². The zero-order chi connectivity index (χ0) is 25.4. The van der Waals surface area contributed by atoms with Gasteiger partial charge in [-0.05, 0) is 50.5 Å². The average molecular weight is 479 g/mol. The van der Waals surface area contributed by atoms with Crippen LogP contribution in [0.4, 0.5) is 0 Å². The summed E-state index contributed by atoms with van der Waals surface area (Å²) in [6.07, 6.45) is 0.936. The van der Waals surface area contributed by atoms with Gasteiger partial charge in [0.1, 0.15) is 0 Å². The molecule has 2 aromatic carbocycles. The van der Waals surface area contributed by atoms with E-state index in [-0.39, 0.29) is 30.8 Å². The first-order valence-electron chi connectivity index (χ1n) is 12.0. The molecule has 0 spiro atoms. The molecule has 7 heteroatoms. The van der Waals surface area contributed by atoms with Gasteiger partial charge in [0.05, 0.1) is 18.7 Å². The van der Waals surface area contributed by atoms with Crippen LogP contribution in [0.15, 0.2) is 59.8 Å². The molecule has 2 amide bonds. The number of ether oxygens (including phenoxy) is 2. The molecule has 0 aromatic heterocycles. The number of methoxy groups -OCH3 is 1. The lowest BCUT2D eigenvalue weighted by Gasteiger charge is -2.34. The Kier molecular flexibility index (Phi) is 9.20. The second-order valence-corrected chi connectivity index (χ2v) is 8.67. The van der Waals surface area contributed by atoms with Crippen molar-refractivity contribution in [2.75, 3.05) is 26.9 Å². The second kappa shape index (κ2) is 12.3. The number of allylic oxidation sites excluding steroid dienone is 1. The van der Waals surface area contributed by atoms with Crippen LogP contribution in [0.25, 0.3) is 0 Å². The summed E-state index contributed by atoms with van der Waals surface area (Å²) in [5.41, 5.74) is 4.57. The van der Waals surface area contributed by atoms with Crippen molar-refractivity contribution in [2.45, 2.75) is 46.1 Å². The van der Waals surface area contributed by atoms with E-state index in [0.717, 1.165) is 23.1 Å². The van der Waals surface area contributed by atoms with Crippen molar-refractivity contribution in [3.63, 3.8) is 0 Å². The van der Waals surface area contributed by atoms with Crippen molar-refractivity contribution in [3.8, 4) is 0 Å². The zero-order valence-electron chi connectivity index (χ0n) is 20.9. The van der Waals surface area contributed by atoms with Crippen LogP contribution in [0.2, 0.25) is 0 Å². The molecule has 0 fully saturated rings. The van der Waals surface area contributed by atoms with Crippen molar-refractivity contribution in [3.05, 3.63) is 82.1 Å². The summed E-state index contributed by atoms with van der Waals surface area (Å²) in [6.45, 7) is 7.28. The third-order valence-corrected chi connectivity index (χ3v) is 6.17. The Morgan fingerprint density at radius 2 is 1.74 bits per heavy atom. The maximum Gasteiger partial charge on any atom is 0.336 e. The normalized spacial score (nSPS) is 15.8. The quantitative estimate of drug-likeness (QED) is 0.410. The monoisotopic (exact) mass is 478 g/mol. The maximum absolute atomic E-state index is 13.2. The Morgan fingerprint density at radius 1 is 1.06 bits per heavy atom. The van der Waals surface area contributed by atoms with E-state index in [9.17, 15) is 14.4 Å². The highest BCUT2D eigenvalue weighted by Gasteiger charge is 2.36. The summed E-state index contributed by atoms with van der Waals surface area (Å²) in [6, 6.07) is 15.1. The molecule has 186 valence electrons. The number of aryl methyl sites for hydroxylation is 1. The van der Waals surface area contributed by atoms with E-state index in [1.807, 2.05) is 43.3 Å². The van der Waals surface area contributed by atoms with E-state index in [0.29, 0.717) is 36.5 Å². The molecule has 0 bridgehead atoms. The number of benzene rings is 2. The number of carbonyl (C=O) groups excluding carboxylic acids is 3. The molecule has 2 aromatic rings. The molecule has 1 aliphatic rings. The van der Waals surface area contributed by atoms with Crippen LogP contribution >= 0.6 is 0 Å². The highest BCUT2D eigenvalue weighted by atomic mass is 16.5. The molecule has 7 nitrogen and oxygen atoms in total. The van der Waals surface area contributed by atoms with Crippen LogP contribution in [0, 0.1) is 6.92 Å². The molecule has 1 heterocycles. The number of hydrogen-bond acceptors (Lipinski definition) is 5. The largest absolute Gasteiger partial charge is 0.463 e. The lowest BCUT2D eigenvalue weighted by atomic mass is 9.83. The van der Waals surface area contributed by atoms with E-state index in [4.69, 9.17) is 9.47 Å².